The Kier molecular flexibility index (Phi) is 5.08. The number of nitrogens with zero attached hydrogens (tertiary/aromatic N) is 3. The molecule has 1 amide bonds. The summed E-state index contributed by atoms with van der Waals surface area (Å²) >= 11 is 0. The standard InChI is InChI=1S/C20H16N4O3/c1-12-13(2)23-18-9-15(6-7-17(18)22-12)20(26)27-11-19(25)24-16-5-3-4-14(8-16)10-21/h3-9H,11H2,1-2H3,(H,24,25). The topological polar surface area (TPSA) is 105 Å². The van der Waals surface area contributed by atoms with Crippen LogP contribution in [0, 0.1) is 25.2 Å². The summed E-state index contributed by atoms with van der Waals surface area (Å²) < 4.78 is 5.06. The van der Waals surface area contributed by atoms with Crippen molar-refractivity contribution in [2.45, 2.75) is 13.8 Å². The molecular weight excluding hydrogens is 344 g/mol. The molecule has 0 fully saturated rings. The van der Waals surface area contributed by atoms with Gasteiger partial charge in [-0.3, -0.25) is 4.79 Å². The number of rotatable bonds is 4. The van der Waals surface area contributed by atoms with E-state index in [0.717, 1.165) is 11.4 Å². The first-order chi connectivity index (χ1) is 13.0. The van der Waals surface area contributed by atoms with Crippen molar-refractivity contribution in [2.75, 3.05) is 11.9 Å². The second kappa shape index (κ2) is 7.62. The van der Waals surface area contributed by atoms with Crippen molar-refractivity contribution < 1.29 is 14.3 Å². The third kappa shape index (κ3) is 4.25. The van der Waals surface area contributed by atoms with Crippen LogP contribution >= 0.6 is 0 Å². The number of nitrogens with one attached hydrogen (secondary N) is 1. The Morgan fingerprint density at radius 1 is 1.07 bits per heavy atom. The number of nitriles is 1. The molecule has 3 aromatic rings. The summed E-state index contributed by atoms with van der Waals surface area (Å²) in [5.41, 5.74) is 4.06. The van der Waals surface area contributed by atoms with Gasteiger partial charge in [0.05, 0.1) is 39.6 Å². The molecule has 3 rings (SSSR count). The minimum atomic E-state index is -0.627. The van der Waals surface area contributed by atoms with Gasteiger partial charge in [-0.05, 0) is 50.2 Å². The van der Waals surface area contributed by atoms with Crippen LogP contribution in [0.4, 0.5) is 5.69 Å². The van der Waals surface area contributed by atoms with Crippen LogP contribution in [0.25, 0.3) is 11.0 Å². The first-order valence-corrected chi connectivity index (χ1v) is 8.18. The monoisotopic (exact) mass is 360 g/mol. The lowest BCUT2D eigenvalue weighted by Crippen LogP contribution is -2.21. The van der Waals surface area contributed by atoms with Gasteiger partial charge < -0.3 is 10.1 Å². The number of aromatic nitrogens is 2. The van der Waals surface area contributed by atoms with E-state index in [-0.39, 0.29) is 0 Å². The Hall–Kier alpha value is -3.79. The average Bonchev–Trinajstić information content (AvgIpc) is 2.66. The maximum atomic E-state index is 12.2. The van der Waals surface area contributed by atoms with Crippen molar-refractivity contribution in [3.63, 3.8) is 0 Å². The zero-order valence-corrected chi connectivity index (χ0v) is 14.8. The smallest absolute Gasteiger partial charge is 0.338 e. The summed E-state index contributed by atoms with van der Waals surface area (Å²) in [5, 5.41) is 11.4. The molecule has 7 heteroatoms. The van der Waals surface area contributed by atoms with Gasteiger partial charge in [-0.2, -0.15) is 5.26 Å². The zero-order chi connectivity index (χ0) is 19.4. The van der Waals surface area contributed by atoms with Gasteiger partial charge in [0.15, 0.2) is 6.61 Å². The molecule has 0 saturated heterocycles. The maximum Gasteiger partial charge on any atom is 0.338 e. The number of ether oxygens (including phenoxy) is 1. The Labute approximate surface area is 155 Å². The normalized spacial score (nSPS) is 10.3. The number of benzene rings is 2. The first kappa shape index (κ1) is 18.0. The van der Waals surface area contributed by atoms with Crippen LogP contribution in [-0.4, -0.2) is 28.5 Å². The number of carbonyl (C=O) groups is 2. The molecule has 0 unspecified atom stereocenters. The predicted octanol–water partition coefficient (Wildman–Crippen LogP) is 2.91. The van der Waals surface area contributed by atoms with Gasteiger partial charge >= 0.3 is 5.97 Å². The van der Waals surface area contributed by atoms with E-state index in [2.05, 4.69) is 15.3 Å². The number of hydrogen-bond donors (Lipinski definition) is 1. The van der Waals surface area contributed by atoms with Crippen LogP contribution < -0.4 is 5.32 Å². The second-order valence-corrected chi connectivity index (χ2v) is 5.91. The van der Waals surface area contributed by atoms with Crippen molar-refractivity contribution in [3.05, 3.63) is 65.0 Å². The Morgan fingerprint density at radius 3 is 2.56 bits per heavy atom. The van der Waals surface area contributed by atoms with Crippen molar-refractivity contribution in [3.8, 4) is 6.07 Å². The lowest BCUT2D eigenvalue weighted by molar-refractivity contribution is -0.119. The second-order valence-electron chi connectivity index (χ2n) is 5.91. The van der Waals surface area contributed by atoms with Crippen molar-refractivity contribution in [2.24, 2.45) is 0 Å². The third-order valence-electron chi connectivity index (χ3n) is 3.92. The van der Waals surface area contributed by atoms with E-state index >= 15 is 0 Å². The van der Waals surface area contributed by atoms with E-state index in [0.29, 0.717) is 27.8 Å². The van der Waals surface area contributed by atoms with E-state index in [1.54, 1.807) is 36.4 Å². The zero-order valence-electron chi connectivity index (χ0n) is 14.8. The molecule has 2 aromatic carbocycles. The van der Waals surface area contributed by atoms with Gasteiger partial charge in [0.1, 0.15) is 0 Å². The van der Waals surface area contributed by atoms with Gasteiger partial charge in [-0.1, -0.05) is 6.07 Å². The molecular formula is C20H16N4O3. The van der Waals surface area contributed by atoms with E-state index in [9.17, 15) is 9.59 Å². The molecule has 7 nitrogen and oxygen atoms in total. The summed E-state index contributed by atoms with van der Waals surface area (Å²) in [5.74, 6) is -1.12. The molecule has 1 aromatic heterocycles. The summed E-state index contributed by atoms with van der Waals surface area (Å²) in [6.45, 7) is 3.28. The number of fused-ring (bicyclic) bond motifs is 1. The minimum Gasteiger partial charge on any atom is -0.452 e. The fourth-order valence-corrected chi connectivity index (χ4v) is 2.44. The van der Waals surface area contributed by atoms with Crippen LogP contribution in [0.15, 0.2) is 42.5 Å². The van der Waals surface area contributed by atoms with Gasteiger partial charge in [0, 0.05) is 5.69 Å². The molecule has 0 aliphatic heterocycles. The van der Waals surface area contributed by atoms with Gasteiger partial charge in [0.25, 0.3) is 5.91 Å². The highest BCUT2D eigenvalue weighted by atomic mass is 16.5. The summed E-state index contributed by atoms with van der Waals surface area (Å²) in [4.78, 5) is 33.0. The molecule has 0 aliphatic carbocycles. The number of aryl methyl sites for hydroxylation is 2. The number of esters is 1. The van der Waals surface area contributed by atoms with Crippen molar-refractivity contribution >= 4 is 28.6 Å². The highest BCUT2D eigenvalue weighted by Crippen LogP contribution is 2.15. The Bertz CT molecular complexity index is 1090. The average molecular weight is 360 g/mol. The number of anilines is 1. The fraction of sp³-hybridized carbons (Fsp3) is 0.150. The third-order valence-corrected chi connectivity index (χ3v) is 3.92. The molecule has 134 valence electrons. The van der Waals surface area contributed by atoms with E-state index < -0.39 is 18.5 Å². The van der Waals surface area contributed by atoms with Gasteiger partial charge in [-0.15, -0.1) is 0 Å². The van der Waals surface area contributed by atoms with E-state index in [1.165, 1.54) is 6.07 Å². The lowest BCUT2D eigenvalue weighted by atomic mass is 10.2. The van der Waals surface area contributed by atoms with E-state index in [4.69, 9.17) is 10.00 Å². The quantitative estimate of drug-likeness (QED) is 0.717. The molecule has 27 heavy (non-hydrogen) atoms. The Balaban J connectivity index is 1.65. The molecule has 0 radical (unpaired) electrons. The number of carbonyl (C=O) groups excluding carboxylic acids is 2. The number of amides is 1. The van der Waals surface area contributed by atoms with Crippen LogP contribution in [0.5, 0.6) is 0 Å². The van der Waals surface area contributed by atoms with Crippen LogP contribution in [0.2, 0.25) is 0 Å². The number of hydrogen-bond acceptors (Lipinski definition) is 6. The molecule has 0 bridgehead atoms. The maximum absolute atomic E-state index is 12.2. The summed E-state index contributed by atoms with van der Waals surface area (Å²) in [6, 6.07) is 13.3. The minimum absolute atomic E-state index is 0.291. The van der Waals surface area contributed by atoms with Crippen molar-refractivity contribution in [1.82, 2.24) is 9.97 Å². The molecule has 0 saturated carbocycles. The fourth-order valence-electron chi connectivity index (χ4n) is 2.44. The van der Waals surface area contributed by atoms with E-state index in [1.807, 2.05) is 19.9 Å². The SMILES string of the molecule is Cc1nc2ccc(C(=O)OCC(=O)Nc3cccc(C#N)c3)cc2nc1C. The lowest BCUT2D eigenvalue weighted by Gasteiger charge is -2.08. The van der Waals surface area contributed by atoms with Gasteiger partial charge in [0.2, 0.25) is 0 Å². The van der Waals surface area contributed by atoms with Crippen LogP contribution in [0.3, 0.4) is 0 Å². The highest BCUT2D eigenvalue weighted by Gasteiger charge is 2.12. The first-order valence-electron chi connectivity index (χ1n) is 8.18. The Morgan fingerprint density at radius 2 is 1.81 bits per heavy atom. The van der Waals surface area contributed by atoms with Crippen molar-refractivity contribution in [1.29, 1.82) is 5.26 Å². The molecule has 1 heterocycles. The molecule has 1 N–H and O–H groups in total. The van der Waals surface area contributed by atoms with Gasteiger partial charge in [-0.25, -0.2) is 14.8 Å². The summed E-state index contributed by atoms with van der Waals surface area (Å²) in [6.07, 6.45) is 0. The molecule has 0 spiro atoms. The molecule has 0 aliphatic rings. The van der Waals surface area contributed by atoms with Crippen LogP contribution in [0.1, 0.15) is 27.3 Å². The summed E-state index contributed by atoms with van der Waals surface area (Å²) in [7, 11) is 0. The van der Waals surface area contributed by atoms with Crippen LogP contribution in [-0.2, 0) is 9.53 Å². The predicted molar refractivity (Wildman–Crippen MR) is 99.1 cm³/mol. The molecule has 0 atom stereocenters. The largest absolute Gasteiger partial charge is 0.452 e. The highest BCUT2D eigenvalue weighted by molar-refractivity contribution is 5.97.